The number of nitrogens with one attached hydrogen (secondary N) is 1. The van der Waals surface area contributed by atoms with Crippen molar-refractivity contribution < 1.29 is 18.0 Å². The lowest BCUT2D eigenvalue weighted by atomic mass is 10.1. The Morgan fingerprint density at radius 1 is 0.971 bits per heavy atom. The molecule has 0 spiro atoms. The van der Waals surface area contributed by atoms with E-state index in [-0.39, 0.29) is 18.5 Å². The van der Waals surface area contributed by atoms with Crippen molar-refractivity contribution in [1.29, 1.82) is 0 Å². The van der Waals surface area contributed by atoms with Crippen LogP contribution in [0.2, 0.25) is 10.0 Å². The number of carbonyl (C=O) groups is 2. The topological polar surface area (TPSA) is 86.8 Å². The third-order valence-electron chi connectivity index (χ3n) is 5.47. The van der Waals surface area contributed by atoms with Gasteiger partial charge in [0.2, 0.25) is 21.8 Å². The number of carbonyl (C=O) groups excluding carboxylic acids is 2. The first-order valence-corrected chi connectivity index (χ1v) is 14.1. The first-order chi connectivity index (χ1) is 16.4. The van der Waals surface area contributed by atoms with Gasteiger partial charge < -0.3 is 10.2 Å². The number of hydrogen-bond acceptors (Lipinski definition) is 4. The summed E-state index contributed by atoms with van der Waals surface area (Å²) in [7, 11) is -3.78. The predicted molar refractivity (Wildman–Crippen MR) is 142 cm³/mol. The molecule has 0 aliphatic heterocycles. The lowest BCUT2D eigenvalue weighted by Crippen LogP contribution is -2.53. The quantitative estimate of drug-likeness (QED) is 0.448. The lowest BCUT2D eigenvalue weighted by Gasteiger charge is -2.33. The van der Waals surface area contributed by atoms with Crippen LogP contribution >= 0.6 is 23.2 Å². The van der Waals surface area contributed by atoms with Crippen LogP contribution in [0.4, 0.5) is 5.69 Å². The second-order valence-electron chi connectivity index (χ2n) is 8.65. The summed E-state index contributed by atoms with van der Waals surface area (Å²) in [6, 6.07) is 11.1. The number of benzene rings is 2. The van der Waals surface area contributed by atoms with Crippen LogP contribution in [0.15, 0.2) is 42.5 Å². The van der Waals surface area contributed by atoms with Crippen LogP contribution < -0.4 is 9.62 Å². The molecule has 0 aliphatic carbocycles. The zero-order chi connectivity index (χ0) is 26.3. The van der Waals surface area contributed by atoms with Gasteiger partial charge in [0.25, 0.3) is 0 Å². The molecule has 2 aromatic rings. The van der Waals surface area contributed by atoms with Crippen molar-refractivity contribution in [3.8, 4) is 0 Å². The Labute approximate surface area is 218 Å². The second kappa shape index (κ2) is 12.6. The zero-order valence-electron chi connectivity index (χ0n) is 20.7. The molecule has 0 aromatic heterocycles. The van der Waals surface area contributed by atoms with Gasteiger partial charge in [-0.25, -0.2) is 8.42 Å². The predicted octanol–water partition coefficient (Wildman–Crippen LogP) is 4.65. The Hall–Kier alpha value is -2.29. The SMILES string of the molecule is CCc1ccc(N(CC(=O)N(Cc2ccc(Cl)c(Cl)c2)[C@H](CC)C(=O)NC(C)C)S(C)(=O)=O)cc1. The van der Waals surface area contributed by atoms with Crippen LogP contribution in [0, 0.1) is 0 Å². The van der Waals surface area contributed by atoms with E-state index in [0.717, 1.165) is 22.5 Å². The Morgan fingerprint density at radius 3 is 2.06 bits per heavy atom. The highest BCUT2D eigenvalue weighted by Crippen LogP contribution is 2.25. The van der Waals surface area contributed by atoms with Crippen molar-refractivity contribution in [2.75, 3.05) is 17.1 Å². The van der Waals surface area contributed by atoms with Crippen LogP contribution in [-0.2, 0) is 32.6 Å². The number of halogens is 2. The molecule has 1 atom stereocenters. The summed E-state index contributed by atoms with van der Waals surface area (Å²) in [4.78, 5) is 28.0. The molecule has 35 heavy (non-hydrogen) atoms. The second-order valence-corrected chi connectivity index (χ2v) is 11.4. The number of rotatable bonds is 11. The molecule has 2 rings (SSSR count). The first kappa shape index (κ1) is 28.9. The average molecular weight is 543 g/mol. The molecule has 2 amide bonds. The lowest BCUT2D eigenvalue weighted by molar-refractivity contribution is -0.140. The molecule has 0 saturated heterocycles. The maximum absolute atomic E-state index is 13.6. The molecule has 7 nitrogen and oxygen atoms in total. The van der Waals surface area contributed by atoms with Crippen LogP contribution in [0.5, 0.6) is 0 Å². The molecule has 0 saturated carbocycles. The maximum atomic E-state index is 13.6. The highest BCUT2D eigenvalue weighted by Gasteiger charge is 2.32. The molecule has 0 aliphatic rings. The third-order valence-corrected chi connectivity index (χ3v) is 7.35. The van der Waals surface area contributed by atoms with Gasteiger partial charge in [-0.3, -0.25) is 13.9 Å². The molecule has 0 radical (unpaired) electrons. The largest absolute Gasteiger partial charge is 0.352 e. The monoisotopic (exact) mass is 541 g/mol. The van der Waals surface area contributed by atoms with E-state index in [2.05, 4.69) is 5.32 Å². The Balaban J connectivity index is 2.45. The number of aryl methyl sites for hydroxylation is 1. The fourth-order valence-electron chi connectivity index (χ4n) is 3.65. The van der Waals surface area contributed by atoms with Gasteiger partial charge in [-0.05, 0) is 62.1 Å². The van der Waals surface area contributed by atoms with E-state index in [1.807, 2.05) is 32.9 Å². The normalized spacial score (nSPS) is 12.3. The molecule has 192 valence electrons. The van der Waals surface area contributed by atoms with Gasteiger partial charge >= 0.3 is 0 Å². The molecule has 0 fully saturated rings. The van der Waals surface area contributed by atoms with Gasteiger partial charge in [-0.15, -0.1) is 0 Å². The van der Waals surface area contributed by atoms with Crippen molar-refractivity contribution >= 4 is 50.7 Å². The van der Waals surface area contributed by atoms with Crippen molar-refractivity contribution in [2.24, 2.45) is 0 Å². The summed E-state index contributed by atoms with van der Waals surface area (Å²) in [5.74, 6) is -0.819. The van der Waals surface area contributed by atoms with Crippen molar-refractivity contribution in [1.82, 2.24) is 10.2 Å². The molecule has 1 N–H and O–H groups in total. The van der Waals surface area contributed by atoms with Gasteiger partial charge in [0, 0.05) is 12.6 Å². The molecule has 10 heteroatoms. The van der Waals surface area contributed by atoms with E-state index in [4.69, 9.17) is 23.2 Å². The van der Waals surface area contributed by atoms with Gasteiger partial charge in [-0.1, -0.05) is 55.2 Å². The Morgan fingerprint density at radius 2 is 1.57 bits per heavy atom. The highest BCUT2D eigenvalue weighted by atomic mass is 35.5. The van der Waals surface area contributed by atoms with Gasteiger partial charge in [0.1, 0.15) is 12.6 Å². The van der Waals surface area contributed by atoms with E-state index in [1.165, 1.54) is 4.90 Å². The standard InChI is InChI=1S/C25H33Cl2N3O4S/c1-6-18-8-11-20(12-9-18)30(35(5,33)34)16-24(31)29(23(7-2)25(32)28-17(3)4)15-19-10-13-21(26)22(27)14-19/h8-14,17,23H,6-7,15-16H2,1-5H3,(H,28,32)/t23-/m1/s1. The van der Waals surface area contributed by atoms with Crippen LogP contribution in [0.1, 0.15) is 45.2 Å². The van der Waals surface area contributed by atoms with E-state index in [0.29, 0.717) is 27.7 Å². The third kappa shape index (κ3) is 8.12. The molecular formula is C25H33Cl2N3O4S. The smallest absolute Gasteiger partial charge is 0.244 e. The fraction of sp³-hybridized carbons (Fsp3) is 0.440. The summed E-state index contributed by atoms with van der Waals surface area (Å²) >= 11 is 12.2. The minimum Gasteiger partial charge on any atom is -0.352 e. The average Bonchev–Trinajstić information content (AvgIpc) is 2.78. The maximum Gasteiger partial charge on any atom is 0.244 e. The van der Waals surface area contributed by atoms with Crippen molar-refractivity contribution in [3.05, 3.63) is 63.6 Å². The number of sulfonamides is 1. The number of hydrogen-bond donors (Lipinski definition) is 1. The van der Waals surface area contributed by atoms with E-state index < -0.39 is 28.5 Å². The molecule has 0 heterocycles. The Bertz CT molecular complexity index is 1140. The number of nitrogens with zero attached hydrogens (tertiary/aromatic N) is 2. The van der Waals surface area contributed by atoms with E-state index in [9.17, 15) is 18.0 Å². The molecular weight excluding hydrogens is 509 g/mol. The number of anilines is 1. The summed E-state index contributed by atoms with van der Waals surface area (Å²) in [5.41, 5.74) is 2.10. The van der Waals surface area contributed by atoms with E-state index in [1.54, 1.807) is 37.3 Å². The van der Waals surface area contributed by atoms with Crippen molar-refractivity contribution in [3.63, 3.8) is 0 Å². The van der Waals surface area contributed by atoms with Crippen LogP contribution in [0.3, 0.4) is 0 Å². The summed E-state index contributed by atoms with van der Waals surface area (Å²) in [6.45, 7) is 7.09. The van der Waals surface area contributed by atoms with Crippen LogP contribution in [0.25, 0.3) is 0 Å². The summed E-state index contributed by atoms with van der Waals surface area (Å²) < 4.78 is 26.4. The summed E-state index contributed by atoms with van der Waals surface area (Å²) in [5, 5.41) is 3.55. The van der Waals surface area contributed by atoms with Gasteiger partial charge in [-0.2, -0.15) is 0 Å². The molecule has 2 aromatic carbocycles. The van der Waals surface area contributed by atoms with Gasteiger partial charge in [0.05, 0.1) is 22.0 Å². The molecule has 0 unspecified atom stereocenters. The fourth-order valence-corrected chi connectivity index (χ4v) is 4.82. The highest BCUT2D eigenvalue weighted by molar-refractivity contribution is 7.92. The molecule has 0 bridgehead atoms. The van der Waals surface area contributed by atoms with E-state index >= 15 is 0 Å². The van der Waals surface area contributed by atoms with Crippen molar-refractivity contribution in [2.45, 2.75) is 59.2 Å². The van der Waals surface area contributed by atoms with Gasteiger partial charge in [0.15, 0.2) is 0 Å². The first-order valence-electron chi connectivity index (χ1n) is 11.5. The minimum absolute atomic E-state index is 0.0616. The Kier molecular flexibility index (Phi) is 10.4. The number of amides is 2. The zero-order valence-corrected chi connectivity index (χ0v) is 23.0. The summed E-state index contributed by atoms with van der Waals surface area (Å²) in [6.07, 6.45) is 2.20. The van der Waals surface area contributed by atoms with Crippen LogP contribution in [-0.4, -0.2) is 50.0 Å². The minimum atomic E-state index is -3.78.